The van der Waals surface area contributed by atoms with Crippen molar-refractivity contribution < 1.29 is 4.92 Å². The average Bonchev–Trinajstić information content (AvgIpc) is 2.53. The highest BCUT2D eigenvalue weighted by Gasteiger charge is 2.15. The van der Waals surface area contributed by atoms with Gasteiger partial charge >= 0.3 is 0 Å². The van der Waals surface area contributed by atoms with Crippen molar-refractivity contribution in [1.82, 2.24) is 15.4 Å². The third-order valence-corrected chi connectivity index (χ3v) is 1.70. The molecule has 0 aliphatic rings. The molecule has 0 amide bonds. The van der Waals surface area contributed by atoms with Gasteiger partial charge in [0.1, 0.15) is 5.52 Å². The Morgan fingerprint density at radius 2 is 2.31 bits per heavy atom. The molecule has 1 aromatic carbocycles. The highest BCUT2D eigenvalue weighted by molar-refractivity contribution is 5.92. The van der Waals surface area contributed by atoms with Crippen molar-refractivity contribution in [2.24, 2.45) is 0 Å². The van der Waals surface area contributed by atoms with Gasteiger partial charge in [0.2, 0.25) is 0 Å². The molecule has 0 aliphatic heterocycles. The van der Waals surface area contributed by atoms with E-state index in [1.807, 2.05) is 0 Å². The Kier molecular flexibility index (Phi) is 1.38. The summed E-state index contributed by atoms with van der Waals surface area (Å²) in [6.07, 6.45) is 0. The molecule has 2 rings (SSSR count). The summed E-state index contributed by atoms with van der Waals surface area (Å²) in [6.45, 7) is 0. The fraction of sp³-hybridized carbons (Fsp3) is 0. The van der Waals surface area contributed by atoms with Crippen molar-refractivity contribution in [2.75, 3.05) is 5.73 Å². The van der Waals surface area contributed by atoms with E-state index in [1.165, 1.54) is 12.1 Å². The molecule has 2 aromatic rings. The quantitative estimate of drug-likeness (QED) is 0.375. The van der Waals surface area contributed by atoms with Crippen molar-refractivity contribution in [1.29, 1.82) is 0 Å². The van der Waals surface area contributed by atoms with Gasteiger partial charge in [-0.05, 0) is 6.07 Å². The zero-order chi connectivity index (χ0) is 9.42. The number of hydrogen-bond acceptors (Lipinski definition) is 5. The largest absolute Gasteiger partial charge is 0.397 e. The topological polar surface area (TPSA) is 111 Å². The molecule has 7 nitrogen and oxygen atoms in total. The minimum Gasteiger partial charge on any atom is -0.397 e. The van der Waals surface area contributed by atoms with Crippen LogP contribution in [0.1, 0.15) is 0 Å². The fourth-order valence-electron chi connectivity index (χ4n) is 1.09. The number of non-ortho nitro benzene ring substituents is 1. The lowest BCUT2D eigenvalue weighted by Gasteiger charge is -1.94. The first-order valence-corrected chi connectivity index (χ1v) is 3.44. The predicted molar refractivity (Wildman–Crippen MR) is 45.0 cm³/mol. The number of aromatic nitrogens is 3. The molecule has 1 aromatic heterocycles. The first-order valence-electron chi connectivity index (χ1n) is 3.44. The maximum atomic E-state index is 10.5. The molecule has 0 saturated heterocycles. The third kappa shape index (κ3) is 0.975. The van der Waals surface area contributed by atoms with E-state index < -0.39 is 4.92 Å². The number of rotatable bonds is 1. The van der Waals surface area contributed by atoms with Crippen LogP contribution in [-0.4, -0.2) is 20.3 Å². The summed E-state index contributed by atoms with van der Waals surface area (Å²) in [7, 11) is 0. The smallest absolute Gasteiger partial charge is 0.299 e. The Bertz CT molecular complexity index is 477. The van der Waals surface area contributed by atoms with Gasteiger partial charge in [-0.25, -0.2) is 0 Å². The van der Waals surface area contributed by atoms with Crippen molar-refractivity contribution in [3.05, 3.63) is 22.2 Å². The molecule has 0 radical (unpaired) electrons. The van der Waals surface area contributed by atoms with Crippen LogP contribution in [0.15, 0.2) is 12.1 Å². The van der Waals surface area contributed by atoms with E-state index >= 15 is 0 Å². The van der Waals surface area contributed by atoms with Crippen LogP contribution in [-0.2, 0) is 0 Å². The number of nitrogens with two attached hydrogens (primary N) is 1. The van der Waals surface area contributed by atoms with E-state index in [2.05, 4.69) is 15.4 Å². The number of nitro groups is 1. The molecule has 0 unspecified atom stereocenters. The first-order chi connectivity index (χ1) is 6.20. The number of nitro benzene ring substituents is 1. The molecule has 66 valence electrons. The van der Waals surface area contributed by atoms with Gasteiger partial charge in [-0.2, -0.15) is 0 Å². The Morgan fingerprint density at radius 1 is 1.54 bits per heavy atom. The Balaban J connectivity index is 2.86. The molecule has 13 heavy (non-hydrogen) atoms. The SMILES string of the molecule is Nc1ccc([N+](=O)[O-])c2nn[nH]c12. The zero-order valence-corrected chi connectivity index (χ0v) is 6.39. The Hall–Kier alpha value is -2.18. The molecule has 0 saturated carbocycles. The van der Waals surface area contributed by atoms with Crippen LogP contribution < -0.4 is 5.73 Å². The van der Waals surface area contributed by atoms with Crippen LogP contribution in [0.4, 0.5) is 11.4 Å². The molecular formula is C6H5N5O2. The minimum atomic E-state index is -0.524. The lowest BCUT2D eigenvalue weighted by molar-refractivity contribution is -0.383. The number of aromatic amines is 1. The molecule has 0 bridgehead atoms. The van der Waals surface area contributed by atoms with E-state index in [0.717, 1.165) is 0 Å². The molecule has 0 atom stereocenters. The Morgan fingerprint density at radius 3 is 3.00 bits per heavy atom. The number of nitrogens with zero attached hydrogens (tertiary/aromatic N) is 3. The second-order valence-electron chi connectivity index (χ2n) is 2.47. The number of benzene rings is 1. The zero-order valence-electron chi connectivity index (χ0n) is 6.39. The van der Waals surface area contributed by atoms with Crippen molar-refractivity contribution in [2.45, 2.75) is 0 Å². The Labute approximate surface area is 71.7 Å². The summed E-state index contributed by atoms with van der Waals surface area (Å²) in [5, 5.41) is 20.0. The van der Waals surface area contributed by atoms with Crippen molar-refractivity contribution in [3.8, 4) is 0 Å². The summed E-state index contributed by atoms with van der Waals surface area (Å²) in [6, 6.07) is 2.75. The van der Waals surface area contributed by atoms with Crippen LogP contribution in [0, 0.1) is 10.1 Å². The summed E-state index contributed by atoms with van der Waals surface area (Å²) in [5.74, 6) is 0. The molecule has 7 heteroatoms. The van der Waals surface area contributed by atoms with E-state index in [-0.39, 0.29) is 11.2 Å². The van der Waals surface area contributed by atoms with Gasteiger partial charge in [-0.15, -0.1) is 5.10 Å². The molecule has 3 N–H and O–H groups in total. The standard InChI is InChI=1S/C6H5N5O2/c7-3-1-2-4(11(12)13)6-5(3)8-10-9-6/h1-2H,7H2,(H,8,9,10). The van der Waals surface area contributed by atoms with Gasteiger partial charge < -0.3 is 5.73 Å². The van der Waals surface area contributed by atoms with Crippen molar-refractivity contribution in [3.63, 3.8) is 0 Å². The van der Waals surface area contributed by atoms with Crippen molar-refractivity contribution >= 4 is 22.4 Å². The summed E-state index contributed by atoms with van der Waals surface area (Å²) in [5.41, 5.74) is 6.41. The lowest BCUT2D eigenvalue weighted by atomic mass is 10.2. The number of fused-ring (bicyclic) bond motifs is 1. The van der Waals surface area contributed by atoms with Gasteiger partial charge in [0, 0.05) is 6.07 Å². The first kappa shape index (κ1) is 7.47. The number of anilines is 1. The molecule has 0 aliphatic carbocycles. The van der Waals surface area contributed by atoms with E-state index in [1.54, 1.807) is 0 Å². The number of nitrogen functional groups attached to an aromatic ring is 1. The normalized spacial score (nSPS) is 10.5. The number of H-pyrrole nitrogens is 1. The van der Waals surface area contributed by atoms with E-state index in [4.69, 9.17) is 5.73 Å². The third-order valence-electron chi connectivity index (χ3n) is 1.70. The maximum Gasteiger partial charge on any atom is 0.299 e. The fourth-order valence-corrected chi connectivity index (χ4v) is 1.09. The summed E-state index contributed by atoms with van der Waals surface area (Å²) in [4.78, 5) is 9.98. The van der Waals surface area contributed by atoms with Gasteiger partial charge in [0.05, 0.1) is 10.6 Å². The summed E-state index contributed by atoms with van der Waals surface area (Å²) >= 11 is 0. The molecular weight excluding hydrogens is 174 g/mol. The van der Waals surface area contributed by atoms with Gasteiger partial charge in [-0.1, -0.05) is 5.21 Å². The van der Waals surface area contributed by atoms with E-state index in [0.29, 0.717) is 11.2 Å². The van der Waals surface area contributed by atoms with Crippen LogP contribution in [0.3, 0.4) is 0 Å². The van der Waals surface area contributed by atoms with Crippen LogP contribution >= 0.6 is 0 Å². The van der Waals surface area contributed by atoms with Gasteiger partial charge in [0.25, 0.3) is 5.69 Å². The maximum absolute atomic E-state index is 10.5. The molecule has 0 spiro atoms. The minimum absolute atomic E-state index is 0.0991. The molecule has 0 fully saturated rings. The highest BCUT2D eigenvalue weighted by atomic mass is 16.6. The highest BCUT2D eigenvalue weighted by Crippen LogP contribution is 2.25. The average molecular weight is 179 g/mol. The second kappa shape index (κ2) is 2.41. The van der Waals surface area contributed by atoms with Crippen LogP contribution in [0.25, 0.3) is 11.0 Å². The number of nitrogens with one attached hydrogen (secondary N) is 1. The van der Waals surface area contributed by atoms with Crippen LogP contribution in [0.2, 0.25) is 0 Å². The lowest BCUT2D eigenvalue weighted by Crippen LogP contribution is -1.92. The second-order valence-corrected chi connectivity index (χ2v) is 2.47. The van der Waals surface area contributed by atoms with Gasteiger partial charge in [0.15, 0.2) is 5.52 Å². The summed E-state index contributed by atoms with van der Waals surface area (Å²) < 4.78 is 0. The molecule has 1 heterocycles. The monoisotopic (exact) mass is 179 g/mol. The van der Waals surface area contributed by atoms with Gasteiger partial charge in [-0.3, -0.25) is 15.2 Å². The van der Waals surface area contributed by atoms with Crippen LogP contribution in [0.5, 0.6) is 0 Å². The van der Waals surface area contributed by atoms with E-state index in [9.17, 15) is 10.1 Å². The predicted octanol–water partition coefficient (Wildman–Crippen LogP) is 0.448. The number of hydrogen-bond donors (Lipinski definition) is 2.